The summed E-state index contributed by atoms with van der Waals surface area (Å²) in [5.41, 5.74) is 0.775. The Hall–Kier alpha value is -1.78. The van der Waals surface area contributed by atoms with E-state index in [9.17, 15) is 10.1 Å². The second-order valence-corrected chi connectivity index (χ2v) is 4.41. The van der Waals surface area contributed by atoms with Crippen LogP contribution in [0.2, 0.25) is 0 Å². The number of nitro benzene ring substituents is 1. The first kappa shape index (κ1) is 11.7. The van der Waals surface area contributed by atoms with Crippen LogP contribution in [-0.2, 0) is 0 Å². The van der Waals surface area contributed by atoms with Crippen molar-refractivity contribution in [2.75, 3.05) is 12.4 Å². The molecule has 0 aliphatic heterocycles. The van der Waals surface area contributed by atoms with E-state index < -0.39 is 4.92 Å². The Morgan fingerprint density at radius 1 is 1.53 bits per heavy atom. The van der Waals surface area contributed by atoms with E-state index in [0.717, 1.165) is 5.69 Å². The second kappa shape index (κ2) is 4.61. The molecule has 1 saturated carbocycles. The molecule has 92 valence electrons. The highest BCUT2D eigenvalue weighted by Crippen LogP contribution is 2.35. The predicted molar refractivity (Wildman–Crippen MR) is 65.5 cm³/mol. The van der Waals surface area contributed by atoms with E-state index in [4.69, 9.17) is 4.74 Å². The monoisotopic (exact) mass is 236 g/mol. The Balaban J connectivity index is 2.17. The van der Waals surface area contributed by atoms with E-state index in [1.807, 2.05) is 6.07 Å². The zero-order chi connectivity index (χ0) is 12.4. The van der Waals surface area contributed by atoms with Gasteiger partial charge in [0.05, 0.1) is 12.0 Å². The molecule has 0 spiro atoms. The topological polar surface area (TPSA) is 64.4 Å². The maximum Gasteiger partial charge on any atom is 0.312 e. The summed E-state index contributed by atoms with van der Waals surface area (Å²) < 4.78 is 4.96. The molecular formula is C12H16N2O3. The van der Waals surface area contributed by atoms with E-state index in [1.165, 1.54) is 26.0 Å². The minimum atomic E-state index is -0.425. The van der Waals surface area contributed by atoms with Crippen molar-refractivity contribution in [2.45, 2.75) is 25.8 Å². The molecule has 1 aliphatic rings. The third-order valence-electron chi connectivity index (χ3n) is 3.10. The Morgan fingerprint density at radius 3 is 2.76 bits per heavy atom. The van der Waals surface area contributed by atoms with Crippen LogP contribution in [0.1, 0.15) is 19.8 Å². The summed E-state index contributed by atoms with van der Waals surface area (Å²) >= 11 is 0. The average molecular weight is 236 g/mol. The van der Waals surface area contributed by atoms with Crippen molar-refractivity contribution >= 4 is 11.4 Å². The van der Waals surface area contributed by atoms with Crippen LogP contribution in [0.4, 0.5) is 11.4 Å². The standard InChI is InChI=1S/C12H16N2O3/c1-8(9-3-4-9)13-10-5-6-12(17-2)11(7-10)14(15)16/h5-9,13H,3-4H2,1-2H3. The van der Waals surface area contributed by atoms with Gasteiger partial charge in [-0.25, -0.2) is 0 Å². The fourth-order valence-corrected chi connectivity index (χ4v) is 1.90. The van der Waals surface area contributed by atoms with Gasteiger partial charge in [-0.3, -0.25) is 10.1 Å². The Kier molecular flexibility index (Phi) is 3.17. The first-order chi connectivity index (χ1) is 8.11. The highest BCUT2D eigenvalue weighted by Gasteiger charge is 2.28. The lowest BCUT2D eigenvalue weighted by molar-refractivity contribution is -0.385. The highest BCUT2D eigenvalue weighted by molar-refractivity contribution is 5.58. The number of methoxy groups -OCH3 is 1. The maximum absolute atomic E-state index is 10.9. The molecule has 0 heterocycles. The molecule has 0 saturated heterocycles. The maximum atomic E-state index is 10.9. The van der Waals surface area contributed by atoms with Gasteiger partial charge in [-0.05, 0) is 37.8 Å². The first-order valence-electron chi connectivity index (χ1n) is 5.71. The van der Waals surface area contributed by atoms with Crippen molar-refractivity contribution in [1.29, 1.82) is 0 Å². The molecule has 1 N–H and O–H groups in total. The molecule has 0 amide bonds. The third-order valence-corrected chi connectivity index (χ3v) is 3.10. The van der Waals surface area contributed by atoms with Crippen molar-refractivity contribution in [3.05, 3.63) is 28.3 Å². The Labute approximate surface area is 99.9 Å². The van der Waals surface area contributed by atoms with E-state index in [0.29, 0.717) is 17.7 Å². The van der Waals surface area contributed by atoms with Crippen LogP contribution in [0, 0.1) is 16.0 Å². The lowest BCUT2D eigenvalue weighted by atomic mass is 10.2. The molecule has 1 atom stereocenters. The smallest absolute Gasteiger partial charge is 0.312 e. The number of nitrogens with one attached hydrogen (secondary N) is 1. The molecule has 1 aromatic rings. The summed E-state index contributed by atoms with van der Waals surface area (Å²) in [6.45, 7) is 2.10. The molecule has 1 aliphatic carbocycles. The lowest BCUT2D eigenvalue weighted by Crippen LogP contribution is -2.17. The number of rotatable bonds is 5. The van der Waals surface area contributed by atoms with Crippen molar-refractivity contribution < 1.29 is 9.66 Å². The van der Waals surface area contributed by atoms with Crippen molar-refractivity contribution in [3.63, 3.8) is 0 Å². The van der Waals surface area contributed by atoms with Gasteiger partial charge < -0.3 is 10.1 Å². The summed E-state index contributed by atoms with van der Waals surface area (Å²) in [6, 6.07) is 5.32. The highest BCUT2D eigenvalue weighted by atomic mass is 16.6. The van der Waals surface area contributed by atoms with Gasteiger partial charge in [-0.1, -0.05) is 0 Å². The number of ether oxygens (including phenoxy) is 1. The normalized spacial score (nSPS) is 16.4. The number of anilines is 1. The molecule has 0 radical (unpaired) electrons. The zero-order valence-electron chi connectivity index (χ0n) is 9.97. The van der Waals surface area contributed by atoms with Crippen LogP contribution in [0.5, 0.6) is 5.75 Å². The summed E-state index contributed by atoms with van der Waals surface area (Å²) in [7, 11) is 1.43. The van der Waals surface area contributed by atoms with E-state index >= 15 is 0 Å². The van der Waals surface area contributed by atoms with Gasteiger partial charge in [0.2, 0.25) is 0 Å². The lowest BCUT2D eigenvalue weighted by Gasteiger charge is -2.14. The number of hydrogen-bond donors (Lipinski definition) is 1. The van der Waals surface area contributed by atoms with Crippen LogP contribution in [0.25, 0.3) is 0 Å². The van der Waals surface area contributed by atoms with Crippen molar-refractivity contribution in [1.82, 2.24) is 0 Å². The Morgan fingerprint density at radius 2 is 2.24 bits per heavy atom. The molecule has 2 rings (SSSR count). The second-order valence-electron chi connectivity index (χ2n) is 4.41. The van der Waals surface area contributed by atoms with Crippen LogP contribution in [0.3, 0.4) is 0 Å². The number of hydrogen-bond acceptors (Lipinski definition) is 4. The van der Waals surface area contributed by atoms with Crippen LogP contribution in [0.15, 0.2) is 18.2 Å². The van der Waals surface area contributed by atoms with Gasteiger partial charge in [-0.15, -0.1) is 0 Å². The average Bonchev–Trinajstić information content (AvgIpc) is 3.12. The molecule has 0 aromatic heterocycles. The SMILES string of the molecule is COc1ccc(NC(C)C2CC2)cc1[N+](=O)[O-]. The third kappa shape index (κ3) is 2.67. The summed E-state index contributed by atoms with van der Waals surface area (Å²) in [6.07, 6.45) is 2.48. The molecule has 5 heteroatoms. The quantitative estimate of drug-likeness (QED) is 0.630. The summed E-state index contributed by atoms with van der Waals surface area (Å²) in [5.74, 6) is 0.996. The van der Waals surface area contributed by atoms with E-state index in [1.54, 1.807) is 6.07 Å². The minimum absolute atomic E-state index is 0.000460. The van der Waals surface area contributed by atoms with Gasteiger partial charge in [-0.2, -0.15) is 0 Å². The van der Waals surface area contributed by atoms with Crippen molar-refractivity contribution in [2.24, 2.45) is 5.92 Å². The zero-order valence-corrected chi connectivity index (χ0v) is 9.97. The number of nitro groups is 1. The van der Waals surface area contributed by atoms with Crippen LogP contribution >= 0.6 is 0 Å². The van der Waals surface area contributed by atoms with Gasteiger partial charge in [0.1, 0.15) is 0 Å². The van der Waals surface area contributed by atoms with Crippen molar-refractivity contribution in [3.8, 4) is 5.75 Å². The predicted octanol–water partition coefficient (Wildman–Crippen LogP) is 2.81. The first-order valence-corrected chi connectivity index (χ1v) is 5.71. The fraction of sp³-hybridized carbons (Fsp3) is 0.500. The largest absolute Gasteiger partial charge is 0.490 e. The molecule has 17 heavy (non-hydrogen) atoms. The van der Waals surface area contributed by atoms with Gasteiger partial charge in [0, 0.05) is 17.8 Å². The molecule has 1 fully saturated rings. The van der Waals surface area contributed by atoms with E-state index in [2.05, 4.69) is 12.2 Å². The number of nitrogens with zero attached hydrogens (tertiary/aromatic N) is 1. The fourth-order valence-electron chi connectivity index (χ4n) is 1.90. The van der Waals surface area contributed by atoms with Gasteiger partial charge >= 0.3 is 5.69 Å². The van der Waals surface area contributed by atoms with Crippen LogP contribution < -0.4 is 10.1 Å². The molecule has 1 aromatic carbocycles. The summed E-state index contributed by atoms with van der Waals surface area (Å²) in [5, 5.41) is 14.2. The van der Waals surface area contributed by atoms with Gasteiger partial charge in [0.15, 0.2) is 5.75 Å². The molecule has 5 nitrogen and oxygen atoms in total. The van der Waals surface area contributed by atoms with E-state index in [-0.39, 0.29) is 5.69 Å². The molecular weight excluding hydrogens is 220 g/mol. The molecule has 0 bridgehead atoms. The number of benzene rings is 1. The minimum Gasteiger partial charge on any atom is -0.490 e. The van der Waals surface area contributed by atoms with Gasteiger partial charge in [0.25, 0.3) is 0 Å². The summed E-state index contributed by atoms with van der Waals surface area (Å²) in [4.78, 5) is 10.4. The van der Waals surface area contributed by atoms with Crippen LogP contribution in [-0.4, -0.2) is 18.1 Å². The Bertz CT molecular complexity index is 430. The molecule has 1 unspecified atom stereocenters.